The van der Waals surface area contributed by atoms with E-state index in [0.29, 0.717) is 11.7 Å². The molecule has 0 aromatic heterocycles. The van der Waals surface area contributed by atoms with Crippen molar-refractivity contribution in [1.29, 1.82) is 0 Å². The highest BCUT2D eigenvalue weighted by Crippen LogP contribution is 2.68. The van der Waals surface area contributed by atoms with E-state index in [9.17, 15) is 9.90 Å². The van der Waals surface area contributed by atoms with Crippen molar-refractivity contribution in [3.63, 3.8) is 0 Å². The van der Waals surface area contributed by atoms with Crippen LogP contribution in [0, 0.1) is 28.6 Å². The van der Waals surface area contributed by atoms with Crippen LogP contribution in [-0.4, -0.2) is 16.5 Å². The summed E-state index contributed by atoms with van der Waals surface area (Å²) in [7, 11) is 0. The van der Waals surface area contributed by atoms with E-state index in [-0.39, 0.29) is 10.8 Å². The molecule has 0 spiro atoms. The average Bonchev–Trinajstić information content (AvgIpc) is 2.80. The van der Waals surface area contributed by atoms with Gasteiger partial charge in [-0.1, -0.05) is 32.8 Å². The minimum atomic E-state index is -0.434. The summed E-state index contributed by atoms with van der Waals surface area (Å²) in [6.45, 7) is 7.05. The molecule has 0 aromatic rings. The lowest BCUT2D eigenvalue weighted by Crippen LogP contribution is -2.54. The maximum atomic E-state index is 11.9. The van der Waals surface area contributed by atoms with Crippen molar-refractivity contribution in [2.75, 3.05) is 0 Å². The maximum Gasteiger partial charge on any atom is 0.155 e. The molecule has 4 rings (SSSR count). The Hall–Kier alpha value is -0.630. The molecule has 24 heavy (non-hydrogen) atoms. The third-order valence-corrected chi connectivity index (χ3v) is 8.95. The normalized spacial score (nSPS) is 50.8. The van der Waals surface area contributed by atoms with Crippen molar-refractivity contribution in [3.05, 3.63) is 11.6 Å². The highest BCUT2D eigenvalue weighted by atomic mass is 16.3. The summed E-state index contributed by atoms with van der Waals surface area (Å²) in [6, 6.07) is 0. The predicted octanol–water partition coefficient (Wildman–Crippen LogP) is 5.05. The lowest BCUT2D eigenvalue weighted by atomic mass is 9.46. The molecule has 0 unspecified atom stereocenters. The number of hydrogen-bond donors (Lipinski definition) is 1. The molecule has 2 heteroatoms. The number of rotatable bonds is 2. The average molecular weight is 331 g/mol. The first-order valence-corrected chi connectivity index (χ1v) is 10.3. The lowest BCUT2D eigenvalue weighted by molar-refractivity contribution is -0.132. The summed E-state index contributed by atoms with van der Waals surface area (Å²) >= 11 is 0. The van der Waals surface area contributed by atoms with Crippen molar-refractivity contribution in [1.82, 2.24) is 0 Å². The number of aliphatic hydroxyl groups is 1. The van der Waals surface area contributed by atoms with Crippen LogP contribution in [0.4, 0.5) is 0 Å². The number of fused-ring (bicyclic) bond motifs is 5. The second kappa shape index (κ2) is 5.43. The highest BCUT2D eigenvalue weighted by Gasteiger charge is 2.63. The van der Waals surface area contributed by atoms with E-state index in [0.717, 1.165) is 50.4 Å². The van der Waals surface area contributed by atoms with Gasteiger partial charge in [-0.2, -0.15) is 0 Å². The fourth-order valence-electron chi connectivity index (χ4n) is 7.49. The van der Waals surface area contributed by atoms with Gasteiger partial charge in [0.05, 0.1) is 5.60 Å². The Morgan fingerprint density at radius 2 is 1.83 bits per heavy atom. The van der Waals surface area contributed by atoms with Crippen molar-refractivity contribution >= 4 is 5.78 Å². The molecule has 1 N–H and O–H groups in total. The van der Waals surface area contributed by atoms with Gasteiger partial charge >= 0.3 is 0 Å². The van der Waals surface area contributed by atoms with Gasteiger partial charge in [-0.15, -0.1) is 0 Å². The number of ketones is 1. The van der Waals surface area contributed by atoms with E-state index < -0.39 is 5.60 Å². The second-order valence-corrected chi connectivity index (χ2v) is 9.75. The number of carbonyl (C=O) groups is 1. The van der Waals surface area contributed by atoms with E-state index in [4.69, 9.17) is 0 Å². The maximum absolute atomic E-state index is 11.9. The first-order chi connectivity index (χ1) is 11.3. The molecule has 4 aliphatic rings. The zero-order valence-corrected chi connectivity index (χ0v) is 15.7. The molecule has 0 saturated heterocycles. The van der Waals surface area contributed by atoms with Gasteiger partial charge in [-0.05, 0) is 86.0 Å². The smallest absolute Gasteiger partial charge is 0.155 e. The SMILES string of the molecule is CCC[C@]1(O)CC[C@@H]2[C@H]3CCC4=CC(=O)CC[C@]4(C)[C@@H]3CC[C@@]21C. The quantitative estimate of drug-likeness (QED) is 0.769. The first kappa shape index (κ1) is 16.8. The van der Waals surface area contributed by atoms with E-state index in [2.05, 4.69) is 20.8 Å². The minimum Gasteiger partial charge on any atom is -0.389 e. The molecule has 0 bridgehead atoms. The molecule has 0 aromatic carbocycles. The lowest BCUT2D eigenvalue weighted by Gasteiger charge is -2.59. The summed E-state index contributed by atoms with van der Waals surface area (Å²) in [4.78, 5) is 11.9. The van der Waals surface area contributed by atoms with Gasteiger partial charge in [0.2, 0.25) is 0 Å². The van der Waals surface area contributed by atoms with E-state index in [1.54, 1.807) is 0 Å². The van der Waals surface area contributed by atoms with Crippen LogP contribution in [0.15, 0.2) is 11.6 Å². The first-order valence-electron chi connectivity index (χ1n) is 10.3. The van der Waals surface area contributed by atoms with Crippen molar-refractivity contribution in [2.45, 2.75) is 90.6 Å². The van der Waals surface area contributed by atoms with Gasteiger partial charge < -0.3 is 5.11 Å². The Kier molecular flexibility index (Phi) is 3.81. The molecule has 134 valence electrons. The Morgan fingerprint density at radius 3 is 2.58 bits per heavy atom. The molecule has 0 heterocycles. The summed E-state index contributed by atoms with van der Waals surface area (Å²) in [5.74, 6) is 2.51. The Morgan fingerprint density at radius 1 is 1.08 bits per heavy atom. The van der Waals surface area contributed by atoms with Gasteiger partial charge in [-0.25, -0.2) is 0 Å². The van der Waals surface area contributed by atoms with Crippen LogP contribution in [0.25, 0.3) is 0 Å². The van der Waals surface area contributed by atoms with E-state index in [1.165, 1.54) is 31.3 Å². The molecule has 6 atom stereocenters. The number of hydrogen-bond acceptors (Lipinski definition) is 2. The highest BCUT2D eigenvalue weighted by molar-refractivity contribution is 5.91. The van der Waals surface area contributed by atoms with Gasteiger partial charge in [-0.3, -0.25) is 4.79 Å². The Labute approximate surface area is 147 Å². The minimum absolute atomic E-state index is 0.117. The van der Waals surface area contributed by atoms with E-state index in [1.807, 2.05) is 6.08 Å². The zero-order valence-electron chi connectivity index (χ0n) is 15.7. The summed E-state index contributed by atoms with van der Waals surface area (Å²) < 4.78 is 0. The fraction of sp³-hybridized carbons (Fsp3) is 0.864. The largest absolute Gasteiger partial charge is 0.389 e. The molecular weight excluding hydrogens is 296 g/mol. The zero-order chi connectivity index (χ0) is 17.2. The molecule has 4 aliphatic carbocycles. The number of carbonyl (C=O) groups excluding carboxylic acids is 1. The Balaban J connectivity index is 1.66. The van der Waals surface area contributed by atoms with Crippen LogP contribution < -0.4 is 0 Å². The molecule has 3 fully saturated rings. The van der Waals surface area contributed by atoms with E-state index >= 15 is 0 Å². The van der Waals surface area contributed by atoms with Crippen molar-refractivity contribution in [2.24, 2.45) is 28.6 Å². The fourth-order valence-corrected chi connectivity index (χ4v) is 7.49. The molecule has 0 aliphatic heterocycles. The van der Waals surface area contributed by atoms with Crippen LogP contribution in [0.2, 0.25) is 0 Å². The standard InChI is InChI=1S/C22H34O2/c1-4-10-22(24)13-9-19-17-6-5-15-14-16(23)7-11-20(15,2)18(17)8-12-21(19,22)3/h14,17-19,24H,4-13H2,1-3H3/t17-,18+,19+,20-,21-,22-/m0/s1. The topological polar surface area (TPSA) is 37.3 Å². The van der Waals surface area contributed by atoms with Crippen molar-refractivity contribution in [3.8, 4) is 0 Å². The second-order valence-electron chi connectivity index (χ2n) is 9.75. The van der Waals surface area contributed by atoms with Gasteiger partial charge in [0.1, 0.15) is 0 Å². The monoisotopic (exact) mass is 330 g/mol. The molecule has 2 nitrogen and oxygen atoms in total. The van der Waals surface area contributed by atoms with Crippen LogP contribution >= 0.6 is 0 Å². The van der Waals surface area contributed by atoms with Crippen LogP contribution in [-0.2, 0) is 4.79 Å². The van der Waals surface area contributed by atoms with Gasteiger partial charge in [0.25, 0.3) is 0 Å². The summed E-state index contributed by atoms with van der Waals surface area (Å²) in [5.41, 5.74) is 1.39. The van der Waals surface area contributed by atoms with Crippen LogP contribution in [0.3, 0.4) is 0 Å². The summed E-state index contributed by atoms with van der Waals surface area (Å²) in [6.07, 6.45) is 12.8. The predicted molar refractivity (Wildman–Crippen MR) is 96.6 cm³/mol. The molecule has 3 saturated carbocycles. The number of allylic oxidation sites excluding steroid dienone is 1. The third-order valence-electron chi connectivity index (χ3n) is 8.95. The van der Waals surface area contributed by atoms with Crippen LogP contribution in [0.5, 0.6) is 0 Å². The Bertz CT molecular complexity index is 579. The molecule has 0 amide bonds. The molecular formula is C22H34O2. The van der Waals surface area contributed by atoms with Crippen molar-refractivity contribution < 1.29 is 9.90 Å². The third kappa shape index (κ3) is 2.08. The van der Waals surface area contributed by atoms with Crippen LogP contribution in [0.1, 0.15) is 85.0 Å². The van der Waals surface area contributed by atoms with Gasteiger partial charge in [0, 0.05) is 6.42 Å². The molecule has 0 radical (unpaired) electrons. The van der Waals surface area contributed by atoms with Gasteiger partial charge in [0.15, 0.2) is 5.78 Å². The summed E-state index contributed by atoms with van der Waals surface area (Å²) in [5, 5.41) is 11.4.